The van der Waals surface area contributed by atoms with Crippen LogP contribution in [0.1, 0.15) is 5.56 Å². The molecule has 1 fully saturated rings. The van der Waals surface area contributed by atoms with Gasteiger partial charge in [0.1, 0.15) is 10.1 Å². The Labute approximate surface area is 118 Å². The molecule has 2 N–H and O–H groups in total. The van der Waals surface area contributed by atoms with Crippen molar-refractivity contribution in [3.05, 3.63) is 34.7 Å². The summed E-state index contributed by atoms with van der Waals surface area (Å²) < 4.78 is 5.56. The third-order valence-electron chi connectivity index (χ3n) is 2.20. The van der Waals surface area contributed by atoms with Gasteiger partial charge in [-0.15, -0.1) is 0 Å². The van der Waals surface area contributed by atoms with Crippen LogP contribution in [0.15, 0.2) is 29.2 Å². The minimum atomic E-state index is -1.06. The Bertz CT molecular complexity index is 583. The van der Waals surface area contributed by atoms with Crippen LogP contribution in [0.5, 0.6) is 5.75 Å². The van der Waals surface area contributed by atoms with E-state index in [4.69, 9.17) is 22.1 Å². The third kappa shape index (κ3) is 3.55. The number of aliphatic carboxylic acids is 1. The zero-order valence-corrected chi connectivity index (χ0v) is 11.2. The molecule has 1 aromatic carbocycles. The predicted octanol–water partition coefficient (Wildman–Crippen LogP) is 1.64. The van der Waals surface area contributed by atoms with Gasteiger partial charge in [-0.1, -0.05) is 42.2 Å². The summed E-state index contributed by atoms with van der Waals surface area (Å²) in [6, 6.07) is 6.88. The number of ether oxygens (including phenoxy) is 1. The molecule has 1 amide bonds. The molecule has 0 saturated carbocycles. The molecule has 1 aliphatic heterocycles. The molecule has 7 heteroatoms. The molecule has 1 saturated heterocycles. The molecule has 1 heterocycles. The number of para-hydroxylation sites is 1. The summed E-state index contributed by atoms with van der Waals surface area (Å²) in [7, 11) is 0. The standard InChI is InChI=1S/C12H9NO4S2/c14-10(15)6-17-8-4-2-1-3-7(8)5-9-11(16)13-12(18)19-9/h1-5H,6H2,(H,14,15)(H,13,16,18)/b9-5+. The third-order valence-corrected chi connectivity index (χ3v) is 3.36. The number of benzene rings is 1. The van der Waals surface area contributed by atoms with E-state index in [1.807, 2.05) is 0 Å². The maximum Gasteiger partial charge on any atom is 0.341 e. The van der Waals surface area contributed by atoms with Crippen molar-refractivity contribution < 1.29 is 19.4 Å². The molecule has 0 spiro atoms. The molecule has 1 aliphatic rings. The highest BCUT2D eigenvalue weighted by Crippen LogP contribution is 2.29. The summed E-state index contributed by atoms with van der Waals surface area (Å²) in [5.74, 6) is -0.914. The van der Waals surface area contributed by atoms with Gasteiger partial charge in [0.2, 0.25) is 0 Å². The first-order valence-corrected chi connectivity index (χ1v) is 6.47. The van der Waals surface area contributed by atoms with Crippen LogP contribution in [0, 0.1) is 0 Å². The number of thiocarbonyl (C=S) groups is 1. The molecule has 2 rings (SSSR count). The average molecular weight is 295 g/mol. The first kappa shape index (κ1) is 13.6. The Morgan fingerprint density at radius 3 is 2.84 bits per heavy atom. The molecule has 5 nitrogen and oxygen atoms in total. The number of carbonyl (C=O) groups excluding carboxylic acids is 1. The van der Waals surface area contributed by atoms with Gasteiger partial charge in [-0.25, -0.2) is 4.79 Å². The van der Waals surface area contributed by atoms with Crippen LogP contribution >= 0.6 is 24.0 Å². The van der Waals surface area contributed by atoms with Gasteiger partial charge in [0.05, 0.1) is 4.91 Å². The van der Waals surface area contributed by atoms with Gasteiger partial charge < -0.3 is 15.2 Å². The number of carboxylic acids is 1. The summed E-state index contributed by atoms with van der Waals surface area (Å²) in [6.45, 7) is -0.433. The van der Waals surface area contributed by atoms with Crippen molar-refractivity contribution in [3.8, 4) is 5.75 Å². The number of carbonyl (C=O) groups is 2. The normalized spacial score (nSPS) is 16.5. The van der Waals surface area contributed by atoms with E-state index in [1.54, 1.807) is 30.3 Å². The lowest BCUT2D eigenvalue weighted by Crippen LogP contribution is -2.17. The predicted molar refractivity (Wildman–Crippen MR) is 75.9 cm³/mol. The van der Waals surface area contributed by atoms with E-state index in [0.717, 1.165) is 11.8 Å². The number of amides is 1. The summed E-state index contributed by atoms with van der Waals surface area (Å²) >= 11 is 6.05. The Kier molecular flexibility index (Phi) is 4.18. The number of hydrogen-bond acceptors (Lipinski definition) is 5. The van der Waals surface area contributed by atoms with Crippen molar-refractivity contribution in [3.63, 3.8) is 0 Å². The largest absolute Gasteiger partial charge is 0.481 e. The minimum Gasteiger partial charge on any atom is -0.481 e. The van der Waals surface area contributed by atoms with Gasteiger partial charge in [-0.3, -0.25) is 4.79 Å². The lowest BCUT2D eigenvalue weighted by atomic mass is 10.2. The van der Waals surface area contributed by atoms with E-state index in [-0.39, 0.29) is 5.91 Å². The van der Waals surface area contributed by atoms with Crippen LogP contribution in [-0.4, -0.2) is 27.9 Å². The number of rotatable bonds is 4. The van der Waals surface area contributed by atoms with E-state index in [2.05, 4.69) is 5.32 Å². The van der Waals surface area contributed by atoms with Crippen molar-refractivity contribution in [1.29, 1.82) is 0 Å². The number of thioether (sulfide) groups is 1. The van der Waals surface area contributed by atoms with Crippen molar-refractivity contribution in [2.75, 3.05) is 6.61 Å². The summed E-state index contributed by atoms with van der Waals surface area (Å²) in [6.07, 6.45) is 1.62. The molecule has 98 valence electrons. The van der Waals surface area contributed by atoms with Crippen molar-refractivity contribution in [1.82, 2.24) is 5.32 Å². The molecule has 1 aromatic rings. The quantitative estimate of drug-likeness (QED) is 0.649. The van der Waals surface area contributed by atoms with E-state index >= 15 is 0 Å². The van der Waals surface area contributed by atoms with E-state index in [0.29, 0.717) is 20.5 Å². The smallest absolute Gasteiger partial charge is 0.341 e. The van der Waals surface area contributed by atoms with Crippen LogP contribution < -0.4 is 10.1 Å². The Hall–Kier alpha value is -1.86. The van der Waals surface area contributed by atoms with Crippen LogP contribution in [0.3, 0.4) is 0 Å². The second-order valence-electron chi connectivity index (χ2n) is 3.57. The van der Waals surface area contributed by atoms with Gasteiger partial charge >= 0.3 is 5.97 Å². The van der Waals surface area contributed by atoms with E-state index in [9.17, 15) is 9.59 Å². The lowest BCUT2D eigenvalue weighted by Gasteiger charge is -2.06. The second-order valence-corrected chi connectivity index (χ2v) is 5.29. The van der Waals surface area contributed by atoms with Crippen molar-refractivity contribution >= 4 is 46.3 Å². The highest BCUT2D eigenvalue weighted by Gasteiger charge is 2.22. The molecule has 19 heavy (non-hydrogen) atoms. The number of nitrogens with one attached hydrogen (secondary N) is 1. The van der Waals surface area contributed by atoms with Crippen LogP contribution in [0.25, 0.3) is 6.08 Å². The maximum absolute atomic E-state index is 11.5. The highest BCUT2D eigenvalue weighted by atomic mass is 32.2. The fourth-order valence-electron chi connectivity index (χ4n) is 1.43. The molecule has 0 bridgehead atoms. The molecule has 0 unspecified atom stereocenters. The van der Waals surface area contributed by atoms with Crippen LogP contribution in [-0.2, 0) is 9.59 Å². The first-order chi connectivity index (χ1) is 9.06. The zero-order valence-electron chi connectivity index (χ0n) is 9.58. The summed E-state index contributed by atoms with van der Waals surface area (Å²) in [5.41, 5.74) is 0.631. The number of hydrogen-bond donors (Lipinski definition) is 2. The Morgan fingerprint density at radius 2 is 2.21 bits per heavy atom. The second kappa shape index (κ2) is 5.85. The lowest BCUT2D eigenvalue weighted by molar-refractivity contribution is -0.139. The average Bonchev–Trinajstić information content (AvgIpc) is 2.67. The van der Waals surface area contributed by atoms with E-state index < -0.39 is 12.6 Å². The van der Waals surface area contributed by atoms with Crippen LogP contribution in [0.2, 0.25) is 0 Å². The SMILES string of the molecule is O=C(O)COc1ccccc1/C=C1/SC(=S)NC1=O. The van der Waals surface area contributed by atoms with Crippen LogP contribution in [0.4, 0.5) is 0 Å². The maximum atomic E-state index is 11.5. The van der Waals surface area contributed by atoms with Gasteiger partial charge in [-0.2, -0.15) is 0 Å². The molecular formula is C12H9NO4S2. The number of carboxylic acid groups (broad SMARTS) is 1. The molecular weight excluding hydrogens is 286 g/mol. The highest BCUT2D eigenvalue weighted by molar-refractivity contribution is 8.26. The summed E-state index contributed by atoms with van der Waals surface area (Å²) in [5, 5.41) is 11.1. The fraction of sp³-hybridized carbons (Fsp3) is 0.0833. The Morgan fingerprint density at radius 1 is 1.47 bits per heavy atom. The minimum absolute atomic E-state index is 0.261. The van der Waals surface area contributed by atoms with Gasteiger partial charge in [0.15, 0.2) is 6.61 Å². The Balaban J connectivity index is 2.25. The van der Waals surface area contributed by atoms with Gasteiger partial charge in [0.25, 0.3) is 5.91 Å². The molecule has 0 aliphatic carbocycles. The monoisotopic (exact) mass is 295 g/mol. The molecule has 0 radical (unpaired) electrons. The van der Waals surface area contributed by atoms with Crippen molar-refractivity contribution in [2.24, 2.45) is 0 Å². The van der Waals surface area contributed by atoms with E-state index in [1.165, 1.54) is 0 Å². The topological polar surface area (TPSA) is 75.6 Å². The van der Waals surface area contributed by atoms with Crippen molar-refractivity contribution in [2.45, 2.75) is 0 Å². The zero-order chi connectivity index (χ0) is 13.8. The first-order valence-electron chi connectivity index (χ1n) is 5.25. The van der Waals surface area contributed by atoms with Gasteiger partial charge in [-0.05, 0) is 12.1 Å². The fourth-order valence-corrected chi connectivity index (χ4v) is 2.47. The summed E-state index contributed by atoms with van der Waals surface area (Å²) in [4.78, 5) is 22.5. The molecule has 0 atom stereocenters. The van der Waals surface area contributed by atoms with Gasteiger partial charge in [0, 0.05) is 5.56 Å². The molecule has 0 aromatic heterocycles.